The second kappa shape index (κ2) is 12.6. The summed E-state index contributed by atoms with van der Waals surface area (Å²) in [6.07, 6.45) is 4.58. The molecule has 45 heavy (non-hydrogen) atoms. The molecule has 2 aliphatic heterocycles. The summed E-state index contributed by atoms with van der Waals surface area (Å²) in [5.41, 5.74) is 6.97. The lowest BCUT2D eigenvalue weighted by atomic mass is 9.97. The molecule has 0 spiro atoms. The number of amides is 1. The summed E-state index contributed by atoms with van der Waals surface area (Å²) in [5, 5.41) is 13.4. The average molecular weight is 608 g/mol. The maximum absolute atomic E-state index is 14.0. The number of fused-ring (bicyclic) bond motifs is 1. The number of imidazole rings is 1. The van der Waals surface area contributed by atoms with E-state index in [4.69, 9.17) is 10.5 Å². The van der Waals surface area contributed by atoms with Crippen molar-refractivity contribution in [3.8, 4) is 23.3 Å². The zero-order valence-corrected chi connectivity index (χ0v) is 25.5. The minimum Gasteiger partial charge on any atom is -0.457 e. The molecule has 1 unspecified atom stereocenters. The molecule has 1 atom stereocenters. The number of anilines is 1. The highest BCUT2D eigenvalue weighted by atomic mass is 16.5. The van der Waals surface area contributed by atoms with Crippen molar-refractivity contribution in [2.75, 3.05) is 38.5 Å². The Morgan fingerprint density at radius 3 is 2.51 bits per heavy atom. The van der Waals surface area contributed by atoms with Crippen LogP contribution in [0.25, 0.3) is 16.9 Å². The highest BCUT2D eigenvalue weighted by Gasteiger charge is 2.34. The average Bonchev–Trinajstić information content (AvgIpc) is 3.64. The normalized spacial score (nSPS) is 17.8. The Kier molecular flexibility index (Phi) is 8.38. The van der Waals surface area contributed by atoms with Crippen LogP contribution in [0, 0.1) is 11.3 Å². The molecule has 4 heterocycles. The number of benzene rings is 2. The van der Waals surface area contributed by atoms with Crippen molar-refractivity contribution in [3.05, 3.63) is 83.1 Å². The highest BCUT2D eigenvalue weighted by molar-refractivity contribution is 5.97. The molecule has 3 N–H and O–H groups in total. The van der Waals surface area contributed by atoms with E-state index < -0.39 is 5.54 Å². The van der Waals surface area contributed by atoms with Gasteiger partial charge in [0.25, 0.3) is 5.91 Å². The quantitative estimate of drug-likeness (QED) is 0.228. The van der Waals surface area contributed by atoms with Crippen LogP contribution >= 0.6 is 0 Å². The second-order valence-electron chi connectivity index (χ2n) is 11.9. The first-order valence-corrected chi connectivity index (χ1v) is 15.2. The van der Waals surface area contributed by atoms with Crippen molar-refractivity contribution in [3.63, 3.8) is 0 Å². The van der Waals surface area contributed by atoms with Crippen molar-refractivity contribution in [1.82, 2.24) is 34.2 Å². The van der Waals surface area contributed by atoms with Crippen LogP contribution in [0.15, 0.2) is 77.4 Å². The third kappa shape index (κ3) is 6.05. The highest BCUT2D eigenvalue weighted by Crippen LogP contribution is 2.28. The Morgan fingerprint density at radius 2 is 1.80 bits per heavy atom. The topological polar surface area (TPSA) is 147 Å². The Morgan fingerprint density at radius 1 is 1.09 bits per heavy atom. The zero-order chi connectivity index (χ0) is 31.6. The van der Waals surface area contributed by atoms with Gasteiger partial charge >= 0.3 is 5.69 Å². The molecule has 0 saturated carbocycles. The van der Waals surface area contributed by atoms with E-state index in [0.717, 1.165) is 32.6 Å². The predicted molar refractivity (Wildman–Crippen MR) is 171 cm³/mol. The number of nitriles is 1. The van der Waals surface area contributed by atoms with Crippen LogP contribution in [0.3, 0.4) is 0 Å². The van der Waals surface area contributed by atoms with Gasteiger partial charge in [-0.05, 0) is 69.2 Å². The number of nitrogen functional groups attached to an aromatic ring is 1. The molecule has 2 saturated heterocycles. The summed E-state index contributed by atoms with van der Waals surface area (Å²) < 4.78 is 8.97. The smallest absolute Gasteiger partial charge is 0.335 e. The van der Waals surface area contributed by atoms with Crippen LogP contribution in [-0.4, -0.2) is 79.1 Å². The number of likely N-dealkylation sites (tertiary alicyclic amines) is 1. The van der Waals surface area contributed by atoms with E-state index in [1.807, 2.05) is 44.2 Å². The lowest BCUT2D eigenvalue weighted by Gasteiger charge is -2.39. The van der Waals surface area contributed by atoms with Gasteiger partial charge in [-0.15, -0.1) is 0 Å². The summed E-state index contributed by atoms with van der Waals surface area (Å²) in [6.45, 7) is 8.18. The van der Waals surface area contributed by atoms with Gasteiger partial charge in [0.1, 0.15) is 35.0 Å². The third-order valence-corrected chi connectivity index (χ3v) is 8.62. The van der Waals surface area contributed by atoms with Crippen LogP contribution in [0.5, 0.6) is 11.5 Å². The van der Waals surface area contributed by atoms with E-state index in [0.29, 0.717) is 41.3 Å². The largest absolute Gasteiger partial charge is 0.457 e. The summed E-state index contributed by atoms with van der Waals surface area (Å²) >= 11 is 0. The van der Waals surface area contributed by atoms with Crippen molar-refractivity contribution >= 4 is 22.9 Å². The Labute approximate surface area is 261 Å². The molecule has 232 valence electrons. The summed E-state index contributed by atoms with van der Waals surface area (Å²) in [7, 11) is 0. The molecule has 12 heteroatoms. The van der Waals surface area contributed by atoms with Crippen molar-refractivity contribution in [2.24, 2.45) is 0 Å². The number of piperazine rings is 1. The molecule has 2 aliphatic rings. The molecule has 2 aromatic heterocycles. The number of para-hydroxylation sites is 1. The first kappa shape index (κ1) is 30.1. The van der Waals surface area contributed by atoms with Gasteiger partial charge in [-0.25, -0.2) is 14.8 Å². The van der Waals surface area contributed by atoms with E-state index in [1.54, 1.807) is 39.8 Å². The van der Waals surface area contributed by atoms with E-state index in [9.17, 15) is 14.9 Å². The van der Waals surface area contributed by atoms with Crippen LogP contribution in [0.2, 0.25) is 0 Å². The SMILES string of the molecule is CC(C)(C=C(C#N)C(=O)N1CCCC1Cn1c(=O)n(-c2ccc(Oc3ccccc3)cc2)c2c(N)ncnc21)N1CCNCC1. The standard InChI is InChI=1S/C33H37N9O3/c1-33(2,39-17-14-36-15-18-39)19-23(20-34)31(43)40-16-6-7-25(40)21-41-30-28(29(35)37-22-38-30)42(32(41)44)24-10-12-27(13-11-24)45-26-8-4-3-5-9-26/h3-5,8-13,19,22,25,36H,6-7,14-18,21H2,1-2H3,(H2,35,37,38). The monoisotopic (exact) mass is 607 g/mol. The van der Waals surface area contributed by atoms with Gasteiger partial charge < -0.3 is 20.7 Å². The number of hydrogen-bond acceptors (Lipinski definition) is 9. The molecule has 12 nitrogen and oxygen atoms in total. The Balaban J connectivity index is 1.29. The number of ether oxygens (including phenoxy) is 1. The molecule has 1 amide bonds. The molecule has 2 aromatic carbocycles. The molecule has 2 fully saturated rings. The fraction of sp³-hybridized carbons (Fsp3) is 0.364. The predicted octanol–water partition coefficient (Wildman–Crippen LogP) is 3.08. The van der Waals surface area contributed by atoms with Crippen molar-refractivity contribution in [1.29, 1.82) is 5.26 Å². The molecule has 6 rings (SSSR count). The van der Waals surface area contributed by atoms with Crippen LogP contribution in [-0.2, 0) is 11.3 Å². The maximum Gasteiger partial charge on any atom is 0.335 e. The number of carbonyl (C=O) groups excluding carboxylic acids is 1. The first-order valence-electron chi connectivity index (χ1n) is 15.2. The minimum atomic E-state index is -0.460. The van der Waals surface area contributed by atoms with Crippen molar-refractivity contribution in [2.45, 2.75) is 44.8 Å². The maximum atomic E-state index is 14.0. The fourth-order valence-electron chi connectivity index (χ4n) is 6.28. The molecule has 0 bridgehead atoms. The van der Waals surface area contributed by atoms with E-state index in [2.05, 4.69) is 26.3 Å². The number of nitrogens with one attached hydrogen (secondary N) is 1. The van der Waals surface area contributed by atoms with Crippen LogP contribution < -0.4 is 21.5 Å². The Bertz CT molecular complexity index is 1810. The first-order chi connectivity index (χ1) is 21.8. The molecular weight excluding hydrogens is 570 g/mol. The summed E-state index contributed by atoms with van der Waals surface area (Å²) in [4.78, 5) is 40.4. The van der Waals surface area contributed by atoms with Crippen LogP contribution in [0.1, 0.15) is 26.7 Å². The summed E-state index contributed by atoms with van der Waals surface area (Å²) in [5.74, 6) is 1.18. The van der Waals surface area contributed by atoms with E-state index >= 15 is 0 Å². The second-order valence-corrected chi connectivity index (χ2v) is 11.9. The molecule has 0 radical (unpaired) electrons. The lowest BCUT2D eigenvalue weighted by molar-refractivity contribution is -0.127. The zero-order valence-electron chi connectivity index (χ0n) is 25.5. The number of carbonyl (C=O) groups is 1. The fourth-order valence-corrected chi connectivity index (χ4v) is 6.28. The van der Waals surface area contributed by atoms with Gasteiger partial charge in [0.2, 0.25) is 0 Å². The lowest BCUT2D eigenvalue weighted by Crippen LogP contribution is -2.53. The van der Waals surface area contributed by atoms with Crippen molar-refractivity contribution < 1.29 is 9.53 Å². The molecule has 4 aromatic rings. The van der Waals surface area contributed by atoms with E-state index in [1.165, 1.54) is 10.9 Å². The Hall–Kier alpha value is -4.99. The van der Waals surface area contributed by atoms with Gasteiger partial charge in [-0.1, -0.05) is 18.2 Å². The van der Waals surface area contributed by atoms with Gasteiger partial charge in [0.15, 0.2) is 11.5 Å². The van der Waals surface area contributed by atoms with Gasteiger partial charge in [-0.3, -0.25) is 18.8 Å². The van der Waals surface area contributed by atoms with Gasteiger partial charge in [-0.2, -0.15) is 5.26 Å². The number of hydrogen-bond donors (Lipinski definition) is 2. The third-order valence-electron chi connectivity index (χ3n) is 8.62. The van der Waals surface area contributed by atoms with Gasteiger partial charge in [0.05, 0.1) is 11.7 Å². The number of nitrogens with zero attached hydrogens (tertiary/aromatic N) is 7. The number of nitrogens with two attached hydrogens (primary N) is 1. The minimum absolute atomic E-state index is 0.115. The molecular formula is C33H37N9O3. The number of aromatic nitrogens is 4. The number of rotatable bonds is 8. The van der Waals surface area contributed by atoms with E-state index in [-0.39, 0.29) is 35.6 Å². The summed E-state index contributed by atoms with van der Waals surface area (Å²) in [6, 6.07) is 18.4. The van der Waals surface area contributed by atoms with Gasteiger partial charge in [0, 0.05) is 44.8 Å². The molecule has 0 aliphatic carbocycles. The van der Waals surface area contributed by atoms with Crippen LogP contribution in [0.4, 0.5) is 5.82 Å².